The molecule has 3 heteroatoms. The molecule has 0 radical (unpaired) electrons. The first-order valence-corrected chi connectivity index (χ1v) is 9.63. The van der Waals surface area contributed by atoms with Gasteiger partial charge in [-0.1, -0.05) is 71.2 Å². The molecule has 0 aromatic heterocycles. The van der Waals surface area contributed by atoms with Gasteiger partial charge in [-0.05, 0) is 30.5 Å². The maximum atomic E-state index is 5.10. The van der Waals surface area contributed by atoms with E-state index in [9.17, 15) is 0 Å². The Bertz CT molecular complexity index is 325. The van der Waals surface area contributed by atoms with Crippen LogP contribution in [0.4, 0.5) is 0 Å². The zero-order valence-electron chi connectivity index (χ0n) is 17.0. The molecule has 0 fully saturated rings. The maximum absolute atomic E-state index is 5.10. The Hall–Kier alpha value is -0.900. The van der Waals surface area contributed by atoms with Crippen molar-refractivity contribution in [3.63, 3.8) is 0 Å². The van der Waals surface area contributed by atoms with Crippen molar-refractivity contribution in [1.82, 2.24) is 5.32 Å². The second-order valence-corrected chi connectivity index (χ2v) is 5.19. The number of methoxy groups -OCH3 is 2. The number of hydrogen-bond donors (Lipinski definition) is 1. The van der Waals surface area contributed by atoms with Gasteiger partial charge in [-0.2, -0.15) is 0 Å². The Morgan fingerprint density at radius 1 is 0.708 bits per heavy atom. The smallest absolute Gasteiger partial charge is 0.0713 e. The number of nitrogens with one attached hydrogen (secondary N) is 1. The summed E-state index contributed by atoms with van der Waals surface area (Å²) in [7, 11) is 3.50. The van der Waals surface area contributed by atoms with Crippen LogP contribution in [-0.2, 0) is 22.6 Å². The lowest BCUT2D eigenvalue weighted by Crippen LogP contribution is -2.14. The van der Waals surface area contributed by atoms with E-state index in [-0.39, 0.29) is 0 Å². The average molecular weight is 340 g/mol. The topological polar surface area (TPSA) is 30.5 Å². The molecule has 0 bridgehead atoms. The number of ether oxygens (including phenoxy) is 2. The van der Waals surface area contributed by atoms with E-state index in [0.29, 0.717) is 6.61 Å². The van der Waals surface area contributed by atoms with Gasteiger partial charge in [0.1, 0.15) is 0 Å². The van der Waals surface area contributed by atoms with Crippen LogP contribution >= 0.6 is 0 Å². The van der Waals surface area contributed by atoms with Crippen molar-refractivity contribution >= 4 is 0 Å². The molecular formula is C21H41NO2. The Labute approximate surface area is 151 Å². The van der Waals surface area contributed by atoms with Crippen LogP contribution in [0.15, 0.2) is 24.3 Å². The summed E-state index contributed by atoms with van der Waals surface area (Å²) in [6.45, 7) is 11.6. The minimum atomic E-state index is 0.691. The minimum absolute atomic E-state index is 0.691. The van der Waals surface area contributed by atoms with Gasteiger partial charge in [0.2, 0.25) is 0 Å². The highest BCUT2D eigenvalue weighted by Crippen LogP contribution is 2.06. The summed E-state index contributed by atoms with van der Waals surface area (Å²) in [4.78, 5) is 0. The van der Waals surface area contributed by atoms with Crippen molar-refractivity contribution in [3.8, 4) is 0 Å². The van der Waals surface area contributed by atoms with E-state index in [1.54, 1.807) is 14.2 Å². The third-order valence-electron chi connectivity index (χ3n) is 3.37. The van der Waals surface area contributed by atoms with Gasteiger partial charge in [0.05, 0.1) is 6.61 Å². The molecule has 0 unspecified atom stereocenters. The van der Waals surface area contributed by atoms with Gasteiger partial charge in [0.25, 0.3) is 0 Å². The van der Waals surface area contributed by atoms with Gasteiger partial charge in [-0.3, -0.25) is 0 Å². The zero-order valence-corrected chi connectivity index (χ0v) is 17.0. The average Bonchev–Trinajstić information content (AvgIpc) is 2.65. The molecule has 1 aromatic rings. The highest BCUT2D eigenvalue weighted by molar-refractivity contribution is 5.21. The standard InChI is InChI=1S/C17H29NO2.2C2H6/c1-19-13-7-5-3-4-6-12-18-14-16-8-10-17(11-9-16)15-20-2;2*1-2/h8-11,18H,3-7,12-15H2,1-2H3;2*1-2H3. The molecule has 1 N–H and O–H groups in total. The van der Waals surface area contributed by atoms with Crippen LogP contribution in [0.2, 0.25) is 0 Å². The van der Waals surface area contributed by atoms with Crippen LogP contribution in [0.25, 0.3) is 0 Å². The molecule has 1 aromatic carbocycles. The molecule has 0 aliphatic rings. The van der Waals surface area contributed by atoms with Crippen LogP contribution in [0.5, 0.6) is 0 Å². The molecule has 0 aliphatic carbocycles. The van der Waals surface area contributed by atoms with Crippen molar-refractivity contribution < 1.29 is 9.47 Å². The van der Waals surface area contributed by atoms with Gasteiger partial charge in [0, 0.05) is 27.4 Å². The van der Waals surface area contributed by atoms with E-state index in [2.05, 4.69) is 29.6 Å². The van der Waals surface area contributed by atoms with E-state index in [1.165, 1.54) is 43.2 Å². The van der Waals surface area contributed by atoms with Crippen LogP contribution in [-0.4, -0.2) is 27.4 Å². The lowest BCUT2D eigenvalue weighted by atomic mass is 10.1. The highest BCUT2D eigenvalue weighted by atomic mass is 16.5. The van der Waals surface area contributed by atoms with E-state index >= 15 is 0 Å². The summed E-state index contributed by atoms with van der Waals surface area (Å²) >= 11 is 0. The first-order chi connectivity index (χ1) is 11.9. The quantitative estimate of drug-likeness (QED) is 0.505. The van der Waals surface area contributed by atoms with Crippen molar-refractivity contribution in [1.29, 1.82) is 0 Å². The fraction of sp³-hybridized carbons (Fsp3) is 0.714. The minimum Gasteiger partial charge on any atom is -0.385 e. The van der Waals surface area contributed by atoms with E-state index < -0.39 is 0 Å². The molecule has 24 heavy (non-hydrogen) atoms. The number of unbranched alkanes of at least 4 members (excludes halogenated alkanes) is 4. The summed E-state index contributed by atoms with van der Waals surface area (Å²) in [5.41, 5.74) is 2.57. The summed E-state index contributed by atoms with van der Waals surface area (Å²) in [5.74, 6) is 0. The molecule has 0 saturated carbocycles. The second kappa shape index (κ2) is 22.1. The van der Waals surface area contributed by atoms with Gasteiger partial charge < -0.3 is 14.8 Å². The van der Waals surface area contributed by atoms with E-state index in [1.807, 2.05) is 27.7 Å². The SMILES string of the molecule is CC.CC.COCCCCCCCNCc1ccc(COC)cc1. The molecule has 0 spiro atoms. The van der Waals surface area contributed by atoms with E-state index in [0.717, 1.165) is 19.7 Å². The molecule has 0 aliphatic heterocycles. The van der Waals surface area contributed by atoms with Crippen LogP contribution in [0, 0.1) is 0 Å². The zero-order chi connectivity index (χ0) is 18.5. The monoisotopic (exact) mass is 339 g/mol. The summed E-state index contributed by atoms with van der Waals surface area (Å²) in [6.07, 6.45) is 6.36. The Kier molecular flexibility index (Phi) is 23.3. The lowest BCUT2D eigenvalue weighted by molar-refractivity contribution is 0.185. The Balaban J connectivity index is 0. The van der Waals surface area contributed by atoms with Crippen LogP contribution in [0.1, 0.15) is 70.9 Å². The van der Waals surface area contributed by atoms with Crippen molar-refractivity contribution in [2.45, 2.75) is 73.0 Å². The predicted molar refractivity (Wildman–Crippen MR) is 107 cm³/mol. The number of hydrogen-bond acceptors (Lipinski definition) is 3. The van der Waals surface area contributed by atoms with Crippen LogP contribution in [0.3, 0.4) is 0 Å². The van der Waals surface area contributed by atoms with Crippen molar-refractivity contribution in [3.05, 3.63) is 35.4 Å². The third-order valence-corrected chi connectivity index (χ3v) is 3.37. The van der Waals surface area contributed by atoms with Gasteiger partial charge in [-0.15, -0.1) is 0 Å². The van der Waals surface area contributed by atoms with Crippen molar-refractivity contribution in [2.75, 3.05) is 27.4 Å². The maximum Gasteiger partial charge on any atom is 0.0713 e. The molecule has 1 rings (SSSR count). The Morgan fingerprint density at radius 2 is 1.25 bits per heavy atom. The first-order valence-electron chi connectivity index (χ1n) is 9.63. The first kappa shape index (κ1) is 25.3. The largest absolute Gasteiger partial charge is 0.385 e. The molecule has 142 valence electrons. The third kappa shape index (κ3) is 16.0. The van der Waals surface area contributed by atoms with E-state index in [4.69, 9.17) is 9.47 Å². The lowest BCUT2D eigenvalue weighted by Gasteiger charge is -2.06. The molecule has 0 atom stereocenters. The molecule has 0 saturated heterocycles. The summed E-state index contributed by atoms with van der Waals surface area (Å²) in [6, 6.07) is 8.62. The fourth-order valence-corrected chi connectivity index (χ4v) is 2.18. The molecule has 3 nitrogen and oxygen atoms in total. The van der Waals surface area contributed by atoms with Gasteiger partial charge >= 0.3 is 0 Å². The van der Waals surface area contributed by atoms with Gasteiger partial charge in [-0.25, -0.2) is 0 Å². The van der Waals surface area contributed by atoms with Crippen molar-refractivity contribution in [2.24, 2.45) is 0 Å². The molecule has 0 amide bonds. The van der Waals surface area contributed by atoms with Crippen LogP contribution < -0.4 is 5.32 Å². The fourth-order valence-electron chi connectivity index (χ4n) is 2.18. The summed E-state index contributed by atoms with van der Waals surface area (Å²) in [5, 5.41) is 3.50. The highest BCUT2D eigenvalue weighted by Gasteiger charge is 1.95. The van der Waals surface area contributed by atoms with Gasteiger partial charge in [0.15, 0.2) is 0 Å². The Morgan fingerprint density at radius 3 is 1.83 bits per heavy atom. The number of rotatable bonds is 12. The normalized spacial score (nSPS) is 9.58. The summed E-state index contributed by atoms with van der Waals surface area (Å²) < 4.78 is 10.1. The molecule has 0 heterocycles. The second-order valence-electron chi connectivity index (χ2n) is 5.19. The number of benzene rings is 1. The molecular weight excluding hydrogens is 298 g/mol. The predicted octanol–water partition coefficient (Wildman–Crippen LogP) is 5.57.